The van der Waals surface area contributed by atoms with Gasteiger partial charge in [-0.2, -0.15) is 0 Å². The lowest BCUT2D eigenvalue weighted by atomic mass is 10.2. The Balaban J connectivity index is 1.87. The van der Waals surface area contributed by atoms with E-state index >= 15 is 0 Å². The number of nitrogens with two attached hydrogens (primary N) is 1. The second kappa shape index (κ2) is 4.94. The lowest BCUT2D eigenvalue weighted by Crippen LogP contribution is -2.11. The van der Waals surface area contributed by atoms with Crippen LogP contribution in [0.2, 0.25) is 0 Å². The average Bonchev–Trinajstić information content (AvgIpc) is 2.86. The molecule has 2 aromatic carbocycles. The number of rotatable bonds is 2. The van der Waals surface area contributed by atoms with E-state index in [0.717, 1.165) is 10.9 Å². The topological polar surface area (TPSA) is 68.3 Å². The number of halogens is 1. The van der Waals surface area contributed by atoms with Gasteiger partial charge in [0.15, 0.2) is 5.76 Å². The van der Waals surface area contributed by atoms with Gasteiger partial charge in [0.25, 0.3) is 5.91 Å². The van der Waals surface area contributed by atoms with Crippen LogP contribution in [-0.2, 0) is 0 Å². The molecule has 0 aliphatic heterocycles. The van der Waals surface area contributed by atoms with Gasteiger partial charge in [0.05, 0.1) is 5.69 Å². The maximum atomic E-state index is 13.3. The van der Waals surface area contributed by atoms with Crippen LogP contribution in [0.25, 0.3) is 11.0 Å². The minimum absolute atomic E-state index is 0.0345. The summed E-state index contributed by atoms with van der Waals surface area (Å²) < 4.78 is 18.8. The standard InChI is InChI=1S/C16H13FN2O2/c1-9-2-5-14-10(6-9)7-15(21-14)16(20)19-11-3-4-13(18)12(17)8-11/h2-8H,18H2,1H3,(H,19,20). The molecule has 3 rings (SSSR count). The molecule has 0 aliphatic carbocycles. The summed E-state index contributed by atoms with van der Waals surface area (Å²) in [6, 6.07) is 11.4. The van der Waals surface area contributed by atoms with Crippen molar-refractivity contribution in [2.24, 2.45) is 0 Å². The molecule has 4 nitrogen and oxygen atoms in total. The monoisotopic (exact) mass is 284 g/mol. The van der Waals surface area contributed by atoms with Crippen molar-refractivity contribution >= 4 is 28.3 Å². The summed E-state index contributed by atoms with van der Waals surface area (Å²) in [6.45, 7) is 1.96. The van der Waals surface area contributed by atoms with Crippen molar-refractivity contribution in [3.05, 3.63) is 59.6 Å². The van der Waals surface area contributed by atoms with Crippen molar-refractivity contribution in [2.45, 2.75) is 6.92 Å². The number of benzene rings is 2. The number of aryl methyl sites for hydroxylation is 1. The van der Waals surface area contributed by atoms with E-state index in [2.05, 4.69) is 5.32 Å². The van der Waals surface area contributed by atoms with Crippen molar-refractivity contribution in [1.29, 1.82) is 0 Å². The molecule has 21 heavy (non-hydrogen) atoms. The smallest absolute Gasteiger partial charge is 0.291 e. The van der Waals surface area contributed by atoms with E-state index < -0.39 is 11.7 Å². The largest absolute Gasteiger partial charge is 0.451 e. The Kier molecular flexibility index (Phi) is 3.10. The molecule has 0 saturated heterocycles. The van der Waals surface area contributed by atoms with Gasteiger partial charge < -0.3 is 15.5 Å². The number of hydrogen-bond donors (Lipinski definition) is 2. The molecule has 106 valence electrons. The van der Waals surface area contributed by atoms with Crippen molar-refractivity contribution in [2.75, 3.05) is 11.1 Å². The molecule has 0 radical (unpaired) electrons. The quantitative estimate of drug-likeness (QED) is 0.705. The highest BCUT2D eigenvalue weighted by Gasteiger charge is 2.13. The second-order valence-corrected chi connectivity index (χ2v) is 4.84. The Morgan fingerprint density at radius 2 is 2.00 bits per heavy atom. The molecule has 5 heteroatoms. The van der Waals surface area contributed by atoms with Gasteiger partial charge in [0, 0.05) is 11.1 Å². The fourth-order valence-electron chi connectivity index (χ4n) is 2.07. The molecule has 3 N–H and O–H groups in total. The number of nitrogens with one attached hydrogen (secondary N) is 1. The molecule has 1 heterocycles. The first-order chi connectivity index (χ1) is 10.0. The Bertz CT molecular complexity index is 839. The zero-order valence-corrected chi connectivity index (χ0v) is 11.3. The van der Waals surface area contributed by atoms with E-state index in [1.165, 1.54) is 18.2 Å². The number of nitrogen functional groups attached to an aromatic ring is 1. The van der Waals surface area contributed by atoms with E-state index in [4.69, 9.17) is 10.2 Å². The van der Waals surface area contributed by atoms with Crippen LogP contribution in [-0.4, -0.2) is 5.91 Å². The summed E-state index contributed by atoms with van der Waals surface area (Å²) in [5, 5.41) is 3.42. The Morgan fingerprint density at radius 3 is 2.76 bits per heavy atom. The Morgan fingerprint density at radius 1 is 1.19 bits per heavy atom. The van der Waals surface area contributed by atoms with Crippen LogP contribution in [0.4, 0.5) is 15.8 Å². The number of amides is 1. The van der Waals surface area contributed by atoms with Gasteiger partial charge in [0.1, 0.15) is 11.4 Å². The van der Waals surface area contributed by atoms with Gasteiger partial charge in [-0.3, -0.25) is 4.79 Å². The van der Waals surface area contributed by atoms with Crippen LogP contribution >= 0.6 is 0 Å². The summed E-state index contributed by atoms with van der Waals surface area (Å²) >= 11 is 0. The van der Waals surface area contributed by atoms with Gasteiger partial charge in [-0.15, -0.1) is 0 Å². The molecule has 1 aromatic heterocycles. The van der Waals surface area contributed by atoms with E-state index in [9.17, 15) is 9.18 Å². The predicted molar refractivity (Wildman–Crippen MR) is 79.7 cm³/mol. The van der Waals surface area contributed by atoms with Crippen molar-refractivity contribution in [3.8, 4) is 0 Å². The summed E-state index contributed by atoms with van der Waals surface area (Å²) in [5.74, 6) is -0.839. The van der Waals surface area contributed by atoms with Crippen LogP contribution in [0.5, 0.6) is 0 Å². The molecular formula is C16H13FN2O2. The van der Waals surface area contributed by atoms with Gasteiger partial charge in [0.2, 0.25) is 0 Å². The molecule has 0 aliphatic rings. The maximum Gasteiger partial charge on any atom is 0.291 e. The first-order valence-electron chi connectivity index (χ1n) is 6.39. The van der Waals surface area contributed by atoms with E-state index in [0.29, 0.717) is 11.3 Å². The van der Waals surface area contributed by atoms with Crippen molar-refractivity contribution < 1.29 is 13.6 Å². The molecule has 1 amide bonds. The minimum Gasteiger partial charge on any atom is -0.451 e. The third-order valence-corrected chi connectivity index (χ3v) is 3.15. The molecular weight excluding hydrogens is 271 g/mol. The van der Waals surface area contributed by atoms with Crippen LogP contribution in [0.15, 0.2) is 46.9 Å². The fourth-order valence-corrected chi connectivity index (χ4v) is 2.07. The van der Waals surface area contributed by atoms with E-state index in [1.807, 2.05) is 25.1 Å². The normalized spacial score (nSPS) is 10.8. The number of furan rings is 1. The first-order valence-corrected chi connectivity index (χ1v) is 6.39. The van der Waals surface area contributed by atoms with Gasteiger partial charge in [-0.1, -0.05) is 11.6 Å². The lowest BCUT2D eigenvalue weighted by Gasteiger charge is -2.04. The molecule has 0 unspecified atom stereocenters. The number of carbonyl (C=O) groups excluding carboxylic acids is 1. The minimum atomic E-state index is -0.576. The highest BCUT2D eigenvalue weighted by Crippen LogP contribution is 2.22. The molecule has 0 spiro atoms. The van der Waals surface area contributed by atoms with Gasteiger partial charge >= 0.3 is 0 Å². The molecule has 0 saturated carbocycles. The Hall–Kier alpha value is -2.82. The summed E-state index contributed by atoms with van der Waals surface area (Å²) in [7, 11) is 0. The van der Waals surface area contributed by atoms with E-state index in [-0.39, 0.29) is 11.4 Å². The molecule has 0 bridgehead atoms. The highest BCUT2D eigenvalue weighted by molar-refractivity contribution is 6.04. The molecule has 0 fully saturated rings. The summed E-state index contributed by atoms with van der Waals surface area (Å²) in [4.78, 5) is 12.1. The SMILES string of the molecule is Cc1ccc2oc(C(=O)Nc3ccc(N)c(F)c3)cc2c1. The summed E-state index contributed by atoms with van der Waals surface area (Å²) in [5.41, 5.74) is 7.46. The fraction of sp³-hybridized carbons (Fsp3) is 0.0625. The third-order valence-electron chi connectivity index (χ3n) is 3.15. The van der Waals surface area contributed by atoms with Crippen molar-refractivity contribution in [1.82, 2.24) is 0 Å². The summed E-state index contributed by atoms with van der Waals surface area (Å²) in [6.07, 6.45) is 0. The Labute approximate surface area is 120 Å². The third kappa shape index (κ3) is 2.58. The highest BCUT2D eigenvalue weighted by atomic mass is 19.1. The number of hydrogen-bond acceptors (Lipinski definition) is 3. The second-order valence-electron chi connectivity index (χ2n) is 4.84. The average molecular weight is 284 g/mol. The predicted octanol–water partition coefficient (Wildman–Crippen LogP) is 3.71. The van der Waals surface area contributed by atoms with Crippen molar-refractivity contribution in [3.63, 3.8) is 0 Å². The van der Waals surface area contributed by atoms with Crippen LogP contribution in [0.3, 0.4) is 0 Å². The van der Waals surface area contributed by atoms with E-state index in [1.54, 1.807) is 6.07 Å². The molecule has 0 atom stereocenters. The van der Waals surface area contributed by atoms with Crippen LogP contribution in [0.1, 0.15) is 16.1 Å². The number of anilines is 2. The van der Waals surface area contributed by atoms with Gasteiger partial charge in [-0.05, 0) is 43.3 Å². The maximum absolute atomic E-state index is 13.3. The van der Waals surface area contributed by atoms with Crippen LogP contribution in [0, 0.1) is 12.7 Å². The van der Waals surface area contributed by atoms with Crippen LogP contribution < -0.4 is 11.1 Å². The zero-order chi connectivity index (χ0) is 15.0. The first kappa shape index (κ1) is 13.2. The molecule has 3 aromatic rings. The lowest BCUT2D eigenvalue weighted by molar-refractivity contribution is 0.0998. The zero-order valence-electron chi connectivity index (χ0n) is 11.3. The number of carbonyl (C=O) groups is 1. The van der Waals surface area contributed by atoms with Gasteiger partial charge in [-0.25, -0.2) is 4.39 Å². The number of fused-ring (bicyclic) bond motifs is 1.